The minimum absolute atomic E-state index is 0.0313. The number of rotatable bonds is 4. The van der Waals surface area contributed by atoms with Crippen molar-refractivity contribution in [1.29, 1.82) is 0 Å². The number of ether oxygens (including phenoxy) is 2. The Morgan fingerprint density at radius 3 is 2.33 bits per heavy atom. The van der Waals surface area contributed by atoms with Crippen molar-refractivity contribution in [2.45, 2.75) is 63.5 Å². The summed E-state index contributed by atoms with van der Waals surface area (Å²) in [5.74, 6) is 1.83. The number of likely N-dealkylation sites (N-methyl/N-ethyl adjacent to an activating group) is 2. The average molecular weight is 417 g/mol. The van der Waals surface area contributed by atoms with Crippen LogP contribution in [-0.2, 0) is 21.4 Å². The Morgan fingerprint density at radius 1 is 0.900 bits per heavy atom. The molecule has 0 bridgehead atoms. The van der Waals surface area contributed by atoms with E-state index in [0.29, 0.717) is 0 Å². The summed E-state index contributed by atoms with van der Waals surface area (Å²) < 4.78 is 10.8. The highest BCUT2D eigenvalue weighted by Gasteiger charge is 2.46. The topological polar surface area (TPSA) is 24.9 Å². The van der Waals surface area contributed by atoms with Gasteiger partial charge in [0.15, 0.2) is 0 Å². The van der Waals surface area contributed by atoms with E-state index >= 15 is 0 Å². The van der Waals surface area contributed by atoms with Gasteiger partial charge in [0.05, 0.1) is 18.8 Å². The van der Waals surface area contributed by atoms with Crippen LogP contribution >= 0.6 is 0 Å². The van der Waals surface area contributed by atoms with Crippen LogP contribution in [0.2, 0.25) is 0 Å². The molecule has 1 aliphatic carbocycles. The van der Waals surface area contributed by atoms with Crippen molar-refractivity contribution in [2.24, 2.45) is 11.8 Å². The summed E-state index contributed by atoms with van der Waals surface area (Å²) in [4.78, 5) is 4.92. The van der Waals surface area contributed by atoms with Crippen LogP contribution in [0.1, 0.15) is 57.1 Å². The molecular formula is C26H44N2O2. The largest absolute Gasteiger partial charge is 0.383 e. The van der Waals surface area contributed by atoms with E-state index in [1.165, 1.54) is 49.8 Å². The molecule has 2 heterocycles. The predicted molar refractivity (Wildman–Crippen MR) is 125 cm³/mol. The summed E-state index contributed by atoms with van der Waals surface area (Å²) in [7, 11) is 8.06. The molecule has 0 amide bonds. The van der Waals surface area contributed by atoms with Gasteiger partial charge in [-0.1, -0.05) is 43.5 Å². The van der Waals surface area contributed by atoms with Crippen molar-refractivity contribution >= 4 is 0 Å². The third-order valence-corrected chi connectivity index (χ3v) is 8.43. The molecule has 1 aromatic rings. The molecule has 30 heavy (non-hydrogen) atoms. The normalized spacial score (nSPS) is 34.5. The van der Waals surface area contributed by atoms with Gasteiger partial charge in [0, 0.05) is 26.3 Å². The zero-order chi connectivity index (χ0) is 21.8. The number of methoxy groups -OCH3 is 2. The third kappa shape index (κ3) is 4.62. The second-order valence-corrected chi connectivity index (χ2v) is 10.2. The van der Waals surface area contributed by atoms with Crippen molar-refractivity contribution in [2.75, 3.05) is 54.6 Å². The summed E-state index contributed by atoms with van der Waals surface area (Å²) in [5, 5.41) is 0. The van der Waals surface area contributed by atoms with E-state index in [-0.39, 0.29) is 11.1 Å². The molecule has 1 saturated heterocycles. The van der Waals surface area contributed by atoms with Crippen LogP contribution in [0.5, 0.6) is 0 Å². The van der Waals surface area contributed by atoms with Crippen LogP contribution in [0.4, 0.5) is 0 Å². The van der Waals surface area contributed by atoms with Gasteiger partial charge in [-0.25, -0.2) is 0 Å². The monoisotopic (exact) mass is 416 g/mol. The lowest BCUT2D eigenvalue weighted by molar-refractivity contribution is -0.0702. The van der Waals surface area contributed by atoms with Gasteiger partial charge in [-0.2, -0.15) is 0 Å². The zero-order valence-electron chi connectivity index (χ0n) is 20.2. The highest BCUT2D eigenvalue weighted by molar-refractivity contribution is 5.36. The van der Waals surface area contributed by atoms with Crippen LogP contribution in [0.3, 0.4) is 0 Å². The SMILES string of the molecule is COCC1(C)C2CCCCC2CCN1C.COCC1(C)c2ccccc2CCN1C. The molecule has 2 fully saturated rings. The number of hydrogen-bond donors (Lipinski definition) is 0. The number of fused-ring (bicyclic) bond motifs is 2. The van der Waals surface area contributed by atoms with E-state index in [1.54, 1.807) is 7.11 Å². The average Bonchev–Trinajstić information content (AvgIpc) is 2.75. The van der Waals surface area contributed by atoms with Crippen molar-refractivity contribution < 1.29 is 9.47 Å². The van der Waals surface area contributed by atoms with Gasteiger partial charge in [0.2, 0.25) is 0 Å². The van der Waals surface area contributed by atoms with E-state index in [2.05, 4.69) is 62.0 Å². The van der Waals surface area contributed by atoms with Crippen LogP contribution < -0.4 is 0 Å². The first-order valence-corrected chi connectivity index (χ1v) is 11.9. The number of hydrogen-bond acceptors (Lipinski definition) is 4. The molecule has 4 unspecified atom stereocenters. The maximum absolute atomic E-state index is 5.46. The Morgan fingerprint density at radius 2 is 1.60 bits per heavy atom. The van der Waals surface area contributed by atoms with Crippen molar-refractivity contribution in [3.05, 3.63) is 35.4 Å². The summed E-state index contributed by atoms with van der Waals surface area (Å²) in [6.45, 7) is 8.66. The molecule has 1 saturated carbocycles. The molecule has 0 aromatic heterocycles. The van der Waals surface area contributed by atoms with Crippen LogP contribution in [0, 0.1) is 11.8 Å². The van der Waals surface area contributed by atoms with Crippen molar-refractivity contribution in [3.63, 3.8) is 0 Å². The molecule has 170 valence electrons. The first-order valence-electron chi connectivity index (χ1n) is 11.9. The Labute approximate surface area is 184 Å². The van der Waals surface area contributed by atoms with E-state index in [1.807, 2.05) is 7.11 Å². The molecule has 0 spiro atoms. The number of likely N-dealkylation sites (tertiary alicyclic amines) is 1. The minimum atomic E-state index is 0.0313. The molecule has 2 aliphatic heterocycles. The van der Waals surface area contributed by atoms with Gasteiger partial charge in [0.25, 0.3) is 0 Å². The van der Waals surface area contributed by atoms with Gasteiger partial charge >= 0.3 is 0 Å². The lowest BCUT2D eigenvalue weighted by atomic mass is 9.65. The summed E-state index contributed by atoms with van der Waals surface area (Å²) >= 11 is 0. The second-order valence-electron chi connectivity index (χ2n) is 10.2. The Hall–Kier alpha value is -0.940. The molecule has 4 nitrogen and oxygen atoms in total. The van der Waals surface area contributed by atoms with Crippen LogP contribution in [-0.4, -0.2) is 70.0 Å². The molecule has 4 atom stereocenters. The Bertz CT molecular complexity index is 681. The van der Waals surface area contributed by atoms with Gasteiger partial charge in [0.1, 0.15) is 0 Å². The first kappa shape index (κ1) is 23.7. The summed E-state index contributed by atoms with van der Waals surface area (Å²) in [6, 6.07) is 8.70. The van der Waals surface area contributed by atoms with E-state index in [4.69, 9.17) is 9.47 Å². The Kier molecular flexibility index (Phi) is 8.00. The van der Waals surface area contributed by atoms with Crippen LogP contribution in [0.25, 0.3) is 0 Å². The number of nitrogens with zero attached hydrogens (tertiary/aromatic N) is 2. The fraction of sp³-hybridized carbons (Fsp3) is 0.769. The second kappa shape index (κ2) is 10.1. The van der Waals surface area contributed by atoms with E-state index in [9.17, 15) is 0 Å². The highest BCUT2D eigenvalue weighted by atomic mass is 16.5. The molecule has 4 heteroatoms. The quantitative estimate of drug-likeness (QED) is 0.718. The third-order valence-electron chi connectivity index (χ3n) is 8.43. The molecule has 1 aromatic carbocycles. The Balaban J connectivity index is 0.000000171. The number of piperidine rings is 1. The first-order chi connectivity index (χ1) is 14.4. The van der Waals surface area contributed by atoms with Crippen molar-refractivity contribution in [3.8, 4) is 0 Å². The predicted octanol–water partition coefficient (Wildman–Crippen LogP) is 4.57. The van der Waals surface area contributed by atoms with Crippen LogP contribution in [0.15, 0.2) is 24.3 Å². The zero-order valence-corrected chi connectivity index (χ0v) is 20.2. The molecule has 3 aliphatic rings. The maximum atomic E-state index is 5.46. The van der Waals surface area contributed by atoms with E-state index < -0.39 is 0 Å². The lowest BCUT2D eigenvalue weighted by Crippen LogP contribution is -2.59. The van der Waals surface area contributed by atoms with Gasteiger partial charge in [-0.3, -0.25) is 9.80 Å². The lowest BCUT2D eigenvalue weighted by Gasteiger charge is -2.53. The van der Waals surface area contributed by atoms with Gasteiger partial charge in [-0.15, -0.1) is 0 Å². The van der Waals surface area contributed by atoms with Gasteiger partial charge in [-0.05, 0) is 76.7 Å². The fourth-order valence-electron chi connectivity index (χ4n) is 6.25. The van der Waals surface area contributed by atoms with Crippen molar-refractivity contribution in [1.82, 2.24) is 9.80 Å². The summed E-state index contributed by atoms with van der Waals surface area (Å²) in [6.07, 6.45) is 8.29. The standard InChI is InChI=1S/C13H25NO.C13H19NO/c2*1-13(10-15-3)12-7-5-4-6-11(12)8-9-14(13)2/h11-12H,4-10H2,1-3H3;4-7H,8-10H2,1-3H3. The highest BCUT2D eigenvalue weighted by Crippen LogP contribution is 2.45. The maximum Gasteiger partial charge on any atom is 0.0685 e. The molecular weight excluding hydrogens is 372 g/mol. The number of benzene rings is 1. The molecule has 4 rings (SSSR count). The fourth-order valence-corrected chi connectivity index (χ4v) is 6.25. The molecule has 0 radical (unpaired) electrons. The summed E-state index contributed by atoms with van der Waals surface area (Å²) in [5.41, 5.74) is 3.21. The van der Waals surface area contributed by atoms with Gasteiger partial charge < -0.3 is 9.47 Å². The molecule has 0 N–H and O–H groups in total. The smallest absolute Gasteiger partial charge is 0.0685 e. The van der Waals surface area contributed by atoms with E-state index in [0.717, 1.165) is 38.0 Å². The minimum Gasteiger partial charge on any atom is -0.383 e.